The van der Waals surface area contributed by atoms with Crippen molar-refractivity contribution in [3.8, 4) is 0 Å². The minimum atomic E-state index is 0.251. The Balaban J connectivity index is 1.75. The highest BCUT2D eigenvalue weighted by Crippen LogP contribution is 2.32. The zero-order valence-corrected chi connectivity index (χ0v) is 10.5. The highest BCUT2D eigenvalue weighted by molar-refractivity contribution is 5.76. The number of hydrogen-bond donors (Lipinski definition) is 2. The number of amides is 1. The lowest BCUT2D eigenvalue weighted by Gasteiger charge is -2.29. The smallest absolute Gasteiger partial charge is 0.220 e. The number of nitrogens with one attached hydrogen (secondary N) is 2. The number of rotatable bonds is 4. The Morgan fingerprint density at radius 1 is 1.38 bits per heavy atom. The lowest BCUT2D eigenvalue weighted by atomic mass is 9.89. The summed E-state index contributed by atoms with van der Waals surface area (Å²) in [4.78, 5) is 11.8. The standard InChI is InChI=1S/C13H24N2O/c1-3-9(2)14-13(16)8-10-6-11-4-5-12(7-10)15-11/h9-12,15H,3-8H2,1-2H3,(H,14,16). The van der Waals surface area contributed by atoms with Gasteiger partial charge in [0.05, 0.1) is 0 Å². The minimum absolute atomic E-state index is 0.251. The van der Waals surface area contributed by atoms with E-state index in [0.29, 0.717) is 24.0 Å². The van der Waals surface area contributed by atoms with Crippen molar-refractivity contribution in [2.75, 3.05) is 0 Å². The van der Waals surface area contributed by atoms with Gasteiger partial charge in [-0.2, -0.15) is 0 Å². The van der Waals surface area contributed by atoms with Crippen LogP contribution in [0, 0.1) is 5.92 Å². The molecule has 92 valence electrons. The zero-order valence-electron chi connectivity index (χ0n) is 10.5. The van der Waals surface area contributed by atoms with Gasteiger partial charge in [-0.15, -0.1) is 0 Å². The Hall–Kier alpha value is -0.570. The highest BCUT2D eigenvalue weighted by atomic mass is 16.1. The molecule has 2 bridgehead atoms. The molecule has 16 heavy (non-hydrogen) atoms. The molecule has 3 unspecified atom stereocenters. The summed E-state index contributed by atoms with van der Waals surface area (Å²) in [5.74, 6) is 0.864. The van der Waals surface area contributed by atoms with Gasteiger partial charge in [0.1, 0.15) is 0 Å². The van der Waals surface area contributed by atoms with Gasteiger partial charge in [0, 0.05) is 24.5 Å². The zero-order chi connectivity index (χ0) is 11.5. The van der Waals surface area contributed by atoms with Crippen LogP contribution in [-0.4, -0.2) is 24.0 Å². The van der Waals surface area contributed by atoms with Crippen LogP contribution in [0.3, 0.4) is 0 Å². The maximum absolute atomic E-state index is 11.8. The van der Waals surface area contributed by atoms with Crippen LogP contribution in [0.1, 0.15) is 52.4 Å². The van der Waals surface area contributed by atoms with Gasteiger partial charge in [0.15, 0.2) is 0 Å². The second-order valence-corrected chi connectivity index (χ2v) is 5.56. The van der Waals surface area contributed by atoms with E-state index in [1.807, 2.05) is 0 Å². The third-order valence-electron chi connectivity index (χ3n) is 4.06. The summed E-state index contributed by atoms with van der Waals surface area (Å²) in [6.45, 7) is 4.18. The third-order valence-corrected chi connectivity index (χ3v) is 4.06. The van der Waals surface area contributed by atoms with Crippen LogP contribution in [0.5, 0.6) is 0 Å². The summed E-state index contributed by atoms with van der Waals surface area (Å²) in [5, 5.41) is 6.68. The fourth-order valence-electron chi connectivity index (χ4n) is 3.04. The van der Waals surface area contributed by atoms with Crippen LogP contribution in [0.2, 0.25) is 0 Å². The second-order valence-electron chi connectivity index (χ2n) is 5.56. The molecule has 2 rings (SSSR count). The Kier molecular flexibility index (Phi) is 3.85. The van der Waals surface area contributed by atoms with Crippen LogP contribution in [-0.2, 0) is 4.79 Å². The summed E-state index contributed by atoms with van der Waals surface area (Å²) >= 11 is 0. The van der Waals surface area contributed by atoms with E-state index in [2.05, 4.69) is 24.5 Å². The van der Waals surface area contributed by atoms with Crippen molar-refractivity contribution in [1.29, 1.82) is 0 Å². The van der Waals surface area contributed by atoms with Crippen LogP contribution in [0.15, 0.2) is 0 Å². The summed E-state index contributed by atoms with van der Waals surface area (Å²) in [6, 6.07) is 1.71. The van der Waals surface area contributed by atoms with Crippen LogP contribution in [0.4, 0.5) is 0 Å². The number of fused-ring (bicyclic) bond motifs is 2. The normalized spacial score (nSPS) is 34.8. The highest BCUT2D eigenvalue weighted by Gasteiger charge is 2.34. The summed E-state index contributed by atoms with van der Waals surface area (Å²) < 4.78 is 0. The molecule has 3 atom stereocenters. The van der Waals surface area contributed by atoms with E-state index in [1.165, 1.54) is 25.7 Å². The fourth-order valence-corrected chi connectivity index (χ4v) is 3.04. The average molecular weight is 224 g/mol. The molecule has 2 heterocycles. The van der Waals surface area contributed by atoms with E-state index in [0.717, 1.165) is 12.8 Å². The first-order valence-corrected chi connectivity index (χ1v) is 6.72. The van der Waals surface area contributed by atoms with E-state index in [1.54, 1.807) is 0 Å². The van der Waals surface area contributed by atoms with Gasteiger partial charge in [-0.25, -0.2) is 0 Å². The molecule has 2 N–H and O–H groups in total. The number of carbonyl (C=O) groups excluding carboxylic acids is 1. The maximum atomic E-state index is 11.8. The summed E-state index contributed by atoms with van der Waals surface area (Å²) in [6.07, 6.45) is 6.78. The Bertz CT molecular complexity index is 242. The molecule has 3 nitrogen and oxygen atoms in total. The predicted octanol–water partition coefficient (Wildman–Crippen LogP) is 1.82. The maximum Gasteiger partial charge on any atom is 0.220 e. The molecule has 0 aromatic carbocycles. The summed E-state index contributed by atoms with van der Waals surface area (Å²) in [5.41, 5.74) is 0. The quantitative estimate of drug-likeness (QED) is 0.765. The molecule has 0 aromatic heterocycles. The van der Waals surface area contributed by atoms with Gasteiger partial charge in [0.2, 0.25) is 5.91 Å². The van der Waals surface area contributed by atoms with Crippen molar-refractivity contribution in [2.24, 2.45) is 5.92 Å². The first-order valence-electron chi connectivity index (χ1n) is 6.72. The van der Waals surface area contributed by atoms with Crippen molar-refractivity contribution in [2.45, 2.75) is 70.5 Å². The molecule has 0 aliphatic carbocycles. The monoisotopic (exact) mass is 224 g/mol. The van der Waals surface area contributed by atoms with Gasteiger partial charge >= 0.3 is 0 Å². The fraction of sp³-hybridized carbons (Fsp3) is 0.923. The predicted molar refractivity (Wildman–Crippen MR) is 65.2 cm³/mol. The Labute approximate surface area is 98.4 Å². The molecule has 2 fully saturated rings. The molecule has 1 amide bonds. The van der Waals surface area contributed by atoms with Gasteiger partial charge in [-0.1, -0.05) is 6.92 Å². The number of piperidine rings is 1. The van der Waals surface area contributed by atoms with Crippen molar-refractivity contribution in [1.82, 2.24) is 10.6 Å². The van der Waals surface area contributed by atoms with Crippen LogP contribution >= 0.6 is 0 Å². The molecule has 2 saturated heterocycles. The van der Waals surface area contributed by atoms with E-state index in [9.17, 15) is 4.79 Å². The third kappa shape index (κ3) is 2.97. The molecule has 0 spiro atoms. The molecule has 0 radical (unpaired) electrons. The van der Waals surface area contributed by atoms with Crippen molar-refractivity contribution < 1.29 is 4.79 Å². The molecular formula is C13H24N2O. The lowest BCUT2D eigenvalue weighted by Crippen LogP contribution is -2.40. The SMILES string of the molecule is CCC(C)NC(=O)CC1CC2CCC(C1)N2. The van der Waals surface area contributed by atoms with E-state index < -0.39 is 0 Å². The molecule has 0 aromatic rings. The van der Waals surface area contributed by atoms with Crippen molar-refractivity contribution in [3.63, 3.8) is 0 Å². The summed E-state index contributed by atoms with van der Waals surface area (Å²) in [7, 11) is 0. The van der Waals surface area contributed by atoms with E-state index in [4.69, 9.17) is 0 Å². The number of hydrogen-bond acceptors (Lipinski definition) is 2. The largest absolute Gasteiger partial charge is 0.354 e. The van der Waals surface area contributed by atoms with Crippen molar-refractivity contribution in [3.05, 3.63) is 0 Å². The second kappa shape index (κ2) is 5.17. The Morgan fingerprint density at radius 2 is 2.00 bits per heavy atom. The van der Waals surface area contributed by atoms with Gasteiger partial charge in [-0.05, 0) is 44.9 Å². The molecule has 0 saturated carbocycles. The molecular weight excluding hydrogens is 200 g/mol. The lowest BCUT2D eigenvalue weighted by molar-refractivity contribution is -0.122. The Morgan fingerprint density at radius 3 is 2.56 bits per heavy atom. The number of carbonyl (C=O) groups is 1. The molecule has 3 heteroatoms. The first kappa shape index (κ1) is 11.9. The van der Waals surface area contributed by atoms with Crippen LogP contribution < -0.4 is 10.6 Å². The van der Waals surface area contributed by atoms with E-state index >= 15 is 0 Å². The average Bonchev–Trinajstić information content (AvgIpc) is 2.57. The molecule has 2 aliphatic heterocycles. The van der Waals surface area contributed by atoms with Gasteiger partial charge < -0.3 is 10.6 Å². The van der Waals surface area contributed by atoms with E-state index in [-0.39, 0.29) is 5.91 Å². The molecule has 2 aliphatic rings. The minimum Gasteiger partial charge on any atom is -0.354 e. The first-order chi connectivity index (χ1) is 7.67. The van der Waals surface area contributed by atoms with Gasteiger partial charge in [-0.3, -0.25) is 4.79 Å². The van der Waals surface area contributed by atoms with Crippen LogP contribution in [0.25, 0.3) is 0 Å². The topological polar surface area (TPSA) is 41.1 Å². The van der Waals surface area contributed by atoms with Gasteiger partial charge in [0.25, 0.3) is 0 Å². The van der Waals surface area contributed by atoms with Crippen molar-refractivity contribution >= 4 is 5.91 Å².